The zero-order chi connectivity index (χ0) is 12.6. The number of allylic oxidation sites excluding steroid dienone is 7. The van der Waals surface area contributed by atoms with E-state index in [1.54, 1.807) is 0 Å². The van der Waals surface area contributed by atoms with Crippen LogP contribution in [0, 0.1) is 5.92 Å². The van der Waals surface area contributed by atoms with Gasteiger partial charge in [0.1, 0.15) is 0 Å². The van der Waals surface area contributed by atoms with Crippen LogP contribution >= 0.6 is 0 Å². The van der Waals surface area contributed by atoms with Gasteiger partial charge in [-0.3, -0.25) is 0 Å². The van der Waals surface area contributed by atoms with Gasteiger partial charge in [-0.25, -0.2) is 0 Å². The molecule has 0 aromatic rings. The minimum atomic E-state index is 0.480. The molecule has 0 N–H and O–H groups in total. The lowest BCUT2D eigenvalue weighted by Gasteiger charge is -2.04. The molecule has 0 atom stereocenters. The Hall–Kier alpha value is -1.30. The monoisotopic (exact) mass is 216 g/mol. The zero-order valence-corrected chi connectivity index (χ0v) is 10.9. The molecule has 0 heterocycles. The lowest BCUT2D eigenvalue weighted by molar-refractivity contribution is 0.795. The molecule has 0 bridgehead atoms. The van der Waals surface area contributed by atoms with Gasteiger partial charge in [0.25, 0.3) is 0 Å². The summed E-state index contributed by atoms with van der Waals surface area (Å²) in [7, 11) is 0. The van der Waals surface area contributed by atoms with Crippen LogP contribution in [0.1, 0.15) is 33.6 Å². The fraction of sp³-hybridized carbons (Fsp3) is 0.375. The second-order valence-electron chi connectivity index (χ2n) is 4.30. The Balaban J connectivity index is 4.26. The van der Waals surface area contributed by atoms with E-state index in [0.29, 0.717) is 5.92 Å². The molecule has 0 heteroatoms. The molecule has 0 rings (SSSR count). The summed E-state index contributed by atoms with van der Waals surface area (Å²) in [4.78, 5) is 0. The first-order chi connectivity index (χ1) is 7.49. The molecule has 0 saturated carbocycles. The van der Waals surface area contributed by atoms with Gasteiger partial charge >= 0.3 is 0 Å². The quantitative estimate of drug-likeness (QED) is 0.512. The molecule has 0 saturated heterocycles. The largest absolute Gasteiger partial charge is 0.0956 e. The van der Waals surface area contributed by atoms with E-state index in [4.69, 9.17) is 0 Å². The van der Waals surface area contributed by atoms with Crippen molar-refractivity contribution in [1.82, 2.24) is 0 Å². The lowest BCUT2D eigenvalue weighted by atomic mass is 10.0. The summed E-state index contributed by atoms with van der Waals surface area (Å²) in [5.41, 5.74) is 3.04. The van der Waals surface area contributed by atoms with Crippen LogP contribution in [0.2, 0.25) is 0 Å². The Kier molecular flexibility index (Phi) is 7.28. The molecule has 0 radical (unpaired) electrons. The van der Waals surface area contributed by atoms with Gasteiger partial charge in [0, 0.05) is 0 Å². The molecular formula is C16H24. The highest BCUT2D eigenvalue weighted by Crippen LogP contribution is 2.13. The Bertz CT molecular complexity index is 311. The molecule has 0 aromatic heterocycles. The summed E-state index contributed by atoms with van der Waals surface area (Å²) >= 11 is 0. The maximum absolute atomic E-state index is 3.99. The van der Waals surface area contributed by atoms with Gasteiger partial charge in [-0.2, -0.15) is 0 Å². The molecule has 0 fully saturated rings. The second kappa shape index (κ2) is 7.92. The van der Waals surface area contributed by atoms with E-state index in [1.165, 1.54) is 0 Å². The van der Waals surface area contributed by atoms with Gasteiger partial charge in [-0.05, 0) is 23.5 Å². The van der Waals surface area contributed by atoms with Crippen LogP contribution in [0.5, 0.6) is 0 Å². The molecule has 0 unspecified atom stereocenters. The highest BCUT2D eigenvalue weighted by Gasteiger charge is 1.96. The van der Waals surface area contributed by atoms with Crippen LogP contribution in [0.4, 0.5) is 0 Å². The Labute approximate surface area is 101 Å². The average molecular weight is 216 g/mol. The third-order valence-electron chi connectivity index (χ3n) is 2.43. The average Bonchev–Trinajstić information content (AvgIpc) is 2.25. The molecule has 88 valence electrons. The van der Waals surface area contributed by atoms with Crippen molar-refractivity contribution in [2.45, 2.75) is 33.6 Å². The van der Waals surface area contributed by atoms with Crippen molar-refractivity contribution >= 4 is 0 Å². The smallest absolute Gasteiger partial charge is 0.0225 e. The summed E-state index contributed by atoms with van der Waals surface area (Å²) in [5.74, 6) is 0.480. The first-order valence-electron chi connectivity index (χ1n) is 5.90. The molecule has 0 aliphatic heterocycles. The third kappa shape index (κ3) is 6.23. The van der Waals surface area contributed by atoms with Crippen molar-refractivity contribution < 1.29 is 0 Å². The topological polar surface area (TPSA) is 0 Å². The van der Waals surface area contributed by atoms with E-state index in [9.17, 15) is 0 Å². The molecule has 16 heavy (non-hydrogen) atoms. The van der Waals surface area contributed by atoms with E-state index in [1.807, 2.05) is 18.2 Å². The predicted octanol–water partition coefficient (Wildman–Crippen LogP) is 5.22. The minimum absolute atomic E-state index is 0.480. The second-order valence-corrected chi connectivity index (χ2v) is 4.30. The van der Waals surface area contributed by atoms with Crippen molar-refractivity contribution in [2.75, 3.05) is 0 Å². The van der Waals surface area contributed by atoms with Crippen molar-refractivity contribution in [3.8, 4) is 0 Å². The molecule has 0 nitrogen and oxygen atoms in total. The van der Waals surface area contributed by atoms with Crippen LogP contribution in [-0.2, 0) is 0 Å². The van der Waals surface area contributed by atoms with Gasteiger partial charge in [0.15, 0.2) is 0 Å². The van der Waals surface area contributed by atoms with E-state index in [2.05, 4.69) is 46.6 Å². The highest BCUT2D eigenvalue weighted by atomic mass is 14.0. The number of rotatable bonds is 7. The molecule has 0 spiro atoms. The van der Waals surface area contributed by atoms with Crippen LogP contribution < -0.4 is 0 Å². The summed E-state index contributed by atoms with van der Waals surface area (Å²) in [5, 5.41) is 0. The first kappa shape index (κ1) is 14.7. The molecular weight excluding hydrogens is 192 g/mol. The van der Waals surface area contributed by atoms with Gasteiger partial charge in [0.2, 0.25) is 0 Å². The van der Waals surface area contributed by atoms with Gasteiger partial charge in [-0.15, -0.1) is 0 Å². The molecule has 0 aromatic carbocycles. The maximum Gasteiger partial charge on any atom is -0.0225 e. The summed E-state index contributed by atoms with van der Waals surface area (Å²) < 4.78 is 0. The third-order valence-corrected chi connectivity index (χ3v) is 2.43. The van der Waals surface area contributed by atoms with E-state index in [0.717, 1.165) is 29.6 Å². The standard InChI is InChI=1S/C16H24/c1-7-8-9-10-15(5)16(6)12-11-14(4)13(2)3/h9-13H,4-8H2,1-3H3/b10-9-,12-11-. The first-order valence-corrected chi connectivity index (χ1v) is 5.90. The zero-order valence-electron chi connectivity index (χ0n) is 10.9. The van der Waals surface area contributed by atoms with Crippen molar-refractivity contribution in [3.63, 3.8) is 0 Å². The molecule has 0 amide bonds. The Morgan fingerprint density at radius 3 is 2.06 bits per heavy atom. The summed E-state index contributed by atoms with van der Waals surface area (Å²) in [6.45, 7) is 18.4. The molecule has 0 aliphatic carbocycles. The van der Waals surface area contributed by atoms with Crippen LogP contribution in [0.3, 0.4) is 0 Å². The fourth-order valence-corrected chi connectivity index (χ4v) is 1.01. The number of hydrogen-bond donors (Lipinski definition) is 0. The fourth-order valence-electron chi connectivity index (χ4n) is 1.01. The number of unbranched alkanes of at least 4 members (excludes halogenated alkanes) is 1. The van der Waals surface area contributed by atoms with Crippen molar-refractivity contribution in [1.29, 1.82) is 0 Å². The predicted molar refractivity (Wildman–Crippen MR) is 75.4 cm³/mol. The van der Waals surface area contributed by atoms with Crippen molar-refractivity contribution in [2.24, 2.45) is 5.92 Å². The summed E-state index contributed by atoms with van der Waals surface area (Å²) in [6.07, 6.45) is 10.4. The van der Waals surface area contributed by atoms with E-state index >= 15 is 0 Å². The minimum Gasteiger partial charge on any atom is -0.0956 e. The van der Waals surface area contributed by atoms with Gasteiger partial charge in [0.05, 0.1) is 0 Å². The van der Waals surface area contributed by atoms with E-state index in [-0.39, 0.29) is 0 Å². The normalized spacial score (nSPS) is 11.5. The summed E-state index contributed by atoms with van der Waals surface area (Å²) in [6, 6.07) is 0. The van der Waals surface area contributed by atoms with E-state index < -0.39 is 0 Å². The van der Waals surface area contributed by atoms with Crippen LogP contribution in [-0.4, -0.2) is 0 Å². The van der Waals surface area contributed by atoms with Crippen molar-refractivity contribution in [3.05, 3.63) is 60.8 Å². The highest BCUT2D eigenvalue weighted by molar-refractivity contribution is 5.44. The van der Waals surface area contributed by atoms with Gasteiger partial charge in [-0.1, -0.05) is 76.8 Å². The Morgan fingerprint density at radius 1 is 1.00 bits per heavy atom. The van der Waals surface area contributed by atoms with Crippen LogP contribution in [0.25, 0.3) is 0 Å². The Morgan fingerprint density at radius 2 is 1.56 bits per heavy atom. The lowest BCUT2D eigenvalue weighted by Crippen LogP contribution is -1.88. The molecule has 0 aliphatic rings. The van der Waals surface area contributed by atoms with Crippen LogP contribution in [0.15, 0.2) is 60.8 Å². The number of hydrogen-bond acceptors (Lipinski definition) is 0. The maximum atomic E-state index is 3.99. The van der Waals surface area contributed by atoms with Gasteiger partial charge < -0.3 is 0 Å². The SMILES string of the molecule is C=C(/C=C\CCC)C(=C)/C=C\C(=C)C(C)C.